The number of hydrogen-bond acceptors (Lipinski definition) is 4. The number of aryl methyl sites for hydroxylation is 1. The Morgan fingerprint density at radius 3 is 2.73 bits per heavy atom. The fourth-order valence-corrected chi connectivity index (χ4v) is 1.64. The highest BCUT2D eigenvalue weighted by Gasteiger charge is 2.11. The zero-order valence-electron chi connectivity index (χ0n) is 11.8. The first-order valence-corrected chi connectivity index (χ1v) is 6.46. The number of benzene rings is 1. The summed E-state index contributed by atoms with van der Waals surface area (Å²) in [6, 6.07) is 8.82. The molecule has 2 aromatic rings. The molecule has 0 aliphatic heterocycles. The number of nitrogens with one attached hydrogen (secondary N) is 2. The molecule has 1 aromatic heterocycles. The van der Waals surface area contributed by atoms with Gasteiger partial charge in [-0.1, -0.05) is 18.2 Å². The third-order valence-electron chi connectivity index (χ3n) is 2.70. The minimum absolute atomic E-state index is 0.257. The molecule has 0 atom stereocenters. The van der Waals surface area contributed by atoms with E-state index in [0.717, 1.165) is 11.6 Å². The fourth-order valence-electron chi connectivity index (χ4n) is 1.64. The Hall–Kier alpha value is -2.96. The van der Waals surface area contributed by atoms with E-state index in [-0.39, 0.29) is 12.4 Å². The summed E-state index contributed by atoms with van der Waals surface area (Å²) in [6.45, 7) is 1.51. The van der Waals surface area contributed by atoms with E-state index in [9.17, 15) is 14.0 Å². The molecule has 0 unspecified atom stereocenters. The summed E-state index contributed by atoms with van der Waals surface area (Å²) in [6.07, 6.45) is 1.32. The van der Waals surface area contributed by atoms with Crippen LogP contribution in [0.1, 0.15) is 5.56 Å². The zero-order valence-corrected chi connectivity index (χ0v) is 11.8. The van der Waals surface area contributed by atoms with Crippen LogP contribution in [0.25, 0.3) is 0 Å². The van der Waals surface area contributed by atoms with Crippen molar-refractivity contribution < 1.29 is 18.7 Å². The van der Waals surface area contributed by atoms with Gasteiger partial charge in [0, 0.05) is 6.20 Å². The molecule has 22 heavy (non-hydrogen) atoms. The van der Waals surface area contributed by atoms with Crippen LogP contribution in [-0.4, -0.2) is 23.5 Å². The first kappa shape index (κ1) is 15.4. The molecular formula is C15H14FN3O3. The highest BCUT2D eigenvalue weighted by molar-refractivity contribution is 6.01. The lowest BCUT2D eigenvalue weighted by Gasteiger charge is -2.09. The topological polar surface area (TPSA) is 80.3 Å². The van der Waals surface area contributed by atoms with Crippen molar-refractivity contribution in [3.05, 3.63) is 54.0 Å². The minimum Gasteiger partial charge on any atom is -0.483 e. The second kappa shape index (κ2) is 7.16. The van der Waals surface area contributed by atoms with Crippen molar-refractivity contribution in [2.45, 2.75) is 6.92 Å². The van der Waals surface area contributed by atoms with E-state index in [1.165, 1.54) is 12.3 Å². The standard InChI is InChI=1S/C15H14FN3O3/c1-10-5-2-3-7-12(10)22-9-13(20)18-15(21)19-14-11(16)6-4-8-17-14/h2-8H,9H2,1H3,(H2,17,18,19,20,21). The molecule has 7 heteroatoms. The van der Waals surface area contributed by atoms with Crippen LogP contribution in [0, 0.1) is 12.7 Å². The zero-order chi connectivity index (χ0) is 15.9. The number of carbonyl (C=O) groups is 2. The number of imide groups is 1. The number of ether oxygens (including phenoxy) is 1. The molecule has 0 aliphatic carbocycles. The predicted octanol–water partition coefficient (Wildman–Crippen LogP) is 2.26. The summed E-state index contributed by atoms with van der Waals surface area (Å²) < 4.78 is 18.6. The van der Waals surface area contributed by atoms with Gasteiger partial charge in [0.2, 0.25) is 0 Å². The lowest BCUT2D eigenvalue weighted by Crippen LogP contribution is -2.37. The highest BCUT2D eigenvalue weighted by Crippen LogP contribution is 2.15. The number of nitrogens with zero attached hydrogens (tertiary/aromatic N) is 1. The largest absolute Gasteiger partial charge is 0.483 e. The summed E-state index contributed by atoms with van der Waals surface area (Å²) >= 11 is 0. The molecule has 3 amide bonds. The second-order valence-corrected chi connectivity index (χ2v) is 4.39. The number of anilines is 1. The number of para-hydroxylation sites is 1. The number of rotatable bonds is 4. The van der Waals surface area contributed by atoms with Crippen LogP contribution in [0.3, 0.4) is 0 Å². The third-order valence-corrected chi connectivity index (χ3v) is 2.70. The molecule has 2 rings (SSSR count). The summed E-state index contributed by atoms with van der Waals surface area (Å²) in [5.41, 5.74) is 0.871. The normalized spacial score (nSPS) is 9.91. The monoisotopic (exact) mass is 303 g/mol. The first-order chi connectivity index (χ1) is 10.6. The van der Waals surface area contributed by atoms with Crippen molar-refractivity contribution in [2.24, 2.45) is 0 Å². The number of carbonyl (C=O) groups excluding carboxylic acids is 2. The van der Waals surface area contributed by atoms with Crippen molar-refractivity contribution in [1.82, 2.24) is 10.3 Å². The van der Waals surface area contributed by atoms with Crippen LogP contribution >= 0.6 is 0 Å². The van der Waals surface area contributed by atoms with E-state index in [1.807, 2.05) is 24.4 Å². The smallest absolute Gasteiger partial charge is 0.327 e. The lowest BCUT2D eigenvalue weighted by molar-refractivity contribution is -0.121. The van der Waals surface area contributed by atoms with Gasteiger partial charge in [0.05, 0.1) is 0 Å². The average Bonchev–Trinajstić information content (AvgIpc) is 2.49. The van der Waals surface area contributed by atoms with Gasteiger partial charge in [0.1, 0.15) is 5.75 Å². The predicted molar refractivity (Wildman–Crippen MR) is 78.0 cm³/mol. The average molecular weight is 303 g/mol. The summed E-state index contributed by atoms with van der Waals surface area (Å²) in [7, 11) is 0. The number of pyridine rings is 1. The van der Waals surface area contributed by atoms with E-state index >= 15 is 0 Å². The number of halogens is 1. The molecule has 2 N–H and O–H groups in total. The van der Waals surface area contributed by atoms with Crippen LogP contribution < -0.4 is 15.4 Å². The van der Waals surface area contributed by atoms with Gasteiger partial charge >= 0.3 is 6.03 Å². The molecule has 0 saturated carbocycles. The van der Waals surface area contributed by atoms with Gasteiger partial charge in [0.25, 0.3) is 5.91 Å². The van der Waals surface area contributed by atoms with E-state index in [4.69, 9.17) is 4.74 Å². The van der Waals surface area contributed by atoms with Crippen molar-refractivity contribution in [3.8, 4) is 5.75 Å². The number of amides is 3. The van der Waals surface area contributed by atoms with Crippen LogP contribution in [0.5, 0.6) is 5.75 Å². The molecule has 1 aromatic carbocycles. The van der Waals surface area contributed by atoms with E-state index < -0.39 is 17.8 Å². The van der Waals surface area contributed by atoms with Crippen molar-refractivity contribution in [2.75, 3.05) is 11.9 Å². The van der Waals surface area contributed by atoms with Gasteiger partial charge in [-0.3, -0.25) is 15.4 Å². The fraction of sp³-hybridized carbons (Fsp3) is 0.133. The molecule has 0 spiro atoms. The van der Waals surface area contributed by atoms with Crippen LogP contribution in [-0.2, 0) is 4.79 Å². The van der Waals surface area contributed by atoms with Gasteiger partial charge < -0.3 is 4.74 Å². The maximum absolute atomic E-state index is 13.3. The Morgan fingerprint density at radius 2 is 2.00 bits per heavy atom. The molecular weight excluding hydrogens is 289 g/mol. The maximum Gasteiger partial charge on any atom is 0.327 e. The lowest BCUT2D eigenvalue weighted by atomic mass is 10.2. The number of urea groups is 1. The van der Waals surface area contributed by atoms with Gasteiger partial charge in [0.15, 0.2) is 18.2 Å². The molecule has 0 radical (unpaired) electrons. The second-order valence-electron chi connectivity index (χ2n) is 4.39. The van der Waals surface area contributed by atoms with Crippen molar-refractivity contribution >= 4 is 17.8 Å². The van der Waals surface area contributed by atoms with E-state index in [2.05, 4.69) is 10.3 Å². The van der Waals surface area contributed by atoms with Crippen LogP contribution in [0.4, 0.5) is 15.0 Å². The quantitative estimate of drug-likeness (QED) is 0.908. The SMILES string of the molecule is Cc1ccccc1OCC(=O)NC(=O)Nc1ncccc1F. The van der Waals surface area contributed by atoms with E-state index in [1.54, 1.807) is 12.1 Å². The Balaban J connectivity index is 1.83. The summed E-state index contributed by atoms with van der Waals surface area (Å²) in [4.78, 5) is 26.8. The molecule has 114 valence electrons. The van der Waals surface area contributed by atoms with Crippen LogP contribution in [0.15, 0.2) is 42.6 Å². The Morgan fingerprint density at radius 1 is 1.23 bits per heavy atom. The molecule has 6 nitrogen and oxygen atoms in total. The Kier molecular flexibility index (Phi) is 5.02. The molecule has 0 bridgehead atoms. The molecule has 0 fully saturated rings. The molecule has 0 saturated heterocycles. The van der Waals surface area contributed by atoms with Gasteiger partial charge in [-0.25, -0.2) is 14.2 Å². The van der Waals surface area contributed by atoms with Crippen LogP contribution in [0.2, 0.25) is 0 Å². The molecule has 1 heterocycles. The van der Waals surface area contributed by atoms with Crippen molar-refractivity contribution in [1.29, 1.82) is 0 Å². The van der Waals surface area contributed by atoms with Gasteiger partial charge in [-0.15, -0.1) is 0 Å². The Labute approximate surface area is 126 Å². The first-order valence-electron chi connectivity index (χ1n) is 6.46. The molecule has 0 aliphatic rings. The number of hydrogen-bond donors (Lipinski definition) is 2. The summed E-state index contributed by atoms with van der Waals surface area (Å²) in [5.74, 6) is -1.06. The highest BCUT2D eigenvalue weighted by atomic mass is 19.1. The summed E-state index contributed by atoms with van der Waals surface area (Å²) in [5, 5.41) is 4.16. The minimum atomic E-state index is -0.879. The van der Waals surface area contributed by atoms with Gasteiger partial charge in [-0.2, -0.15) is 0 Å². The Bertz CT molecular complexity index is 691. The van der Waals surface area contributed by atoms with Crippen molar-refractivity contribution in [3.63, 3.8) is 0 Å². The van der Waals surface area contributed by atoms with E-state index in [0.29, 0.717) is 5.75 Å². The number of aromatic nitrogens is 1. The third kappa shape index (κ3) is 4.27. The maximum atomic E-state index is 13.3. The van der Waals surface area contributed by atoms with Gasteiger partial charge in [-0.05, 0) is 30.7 Å².